The molecule has 0 fully saturated rings. The molecule has 0 saturated heterocycles. The number of hydrogen-bond acceptors (Lipinski definition) is 6. The third kappa shape index (κ3) is 2.28. The average molecular weight is 286 g/mol. The van der Waals surface area contributed by atoms with Crippen LogP contribution in [0.15, 0.2) is 20.7 Å². The fourth-order valence-electron chi connectivity index (χ4n) is 2.37. The number of fused-ring (bicyclic) bond motifs is 1. The Morgan fingerprint density at radius 1 is 1.38 bits per heavy atom. The lowest BCUT2D eigenvalue weighted by atomic mass is 10.1. The summed E-state index contributed by atoms with van der Waals surface area (Å²) in [6.07, 6.45) is 1.89. The molecule has 0 aromatic carbocycles. The Morgan fingerprint density at radius 3 is 2.86 bits per heavy atom. The van der Waals surface area contributed by atoms with Crippen LogP contribution in [0.25, 0.3) is 6.08 Å². The van der Waals surface area contributed by atoms with Crippen molar-refractivity contribution in [2.75, 3.05) is 0 Å². The minimum Gasteiger partial charge on any atom is -0.387 e. The van der Waals surface area contributed by atoms with E-state index in [9.17, 15) is 0 Å². The van der Waals surface area contributed by atoms with Crippen LogP contribution in [-0.4, -0.2) is 38.9 Å². The predicted octanol–water partition coefficient (Wildman–Crippen LogP) is 1.06. The van der Waals surface area contributed by atoms with Gasteiger partial charge in [-0.25, -0.2) is 9.98 Å². The van der Waals surface area contributed by atoms with E-state index in [0.717, 1.165) is 28.4 Å². The number of amidine groups is 2. The van der Waals surface area contributed by atoms with E-state index < -0.39 is 0 Å². The summed E-state index contributed by atoms with van der Waals surface area (Å²) in [4.78, 5) is 8.79. The van der Waals surface area contributed by atoms with Crippen LogP contribution in [-0.2, 0) is 0 Å². The van der Waals surface area contributed by atoms with E-state index in [-0.39, 0.29) is 6.17 Å². The van der Waals surface area contributed by atoms with Gasteiger partial charge in [-0.1, -0.05) is 0 Å². The van der Waals surface area contributed by atoms with E-state index in [1.807, 2.05) is 26.8 Å². The number of rotatable bonds is 2. The average Bonchev–Trinajstić information content (AvgIpc) is 2.98. The van der Waals surface area contributed by atoms with E-state index in [2.05, 4.69) is 30.7 Å². The summed E-state index contributed by atoms with van der Waals surface area (Å²) >= 11 is 0. The molecular formula is C13H18N8. The molecule has 1 unspecified atom stereocenters. The van der Waals surface area contributed by atoms with Crippen molar-refractivity contribution in [1.29, 1.82) is 0 Å². The van der Waals surface area contributed by atoms with Crippen molar-refractivity contribution in [3.8, 4) is 0 Å². The van der Waals surface area contributed by atoms with Gasteiger partial charge in [0.05, 0.1) is 11.5 Å². The summed E-state index contributed by atoms with van der Waals surface area (Å²) in [5.74, 6) is 1.90. The number of nitrogens with zero attached hydrogens (tertiary/aromatic N) is 5. The van der Waals surface area contributed by atoms with Gasteiger partial charge < -0.3 is 5.73 Å². The van der Waals surface area contributed by atoms with Crippen molar-refractivity contribution in [1.82, 2.24) is 20.7 Å². The highest BCUT2D eigenvalue weighted by Crippen LogP contribution is 2.29. The van der Waals surface area contributed by atoms with Gasteiger partial charge in [0.1, 0.15) is 5.84 Å². The molecule has 2 aliphatic rings. The highest BCUT2D eigenvalue weighted by Gasteiger charge is 2.34. The Bertz CT molecular complexity index is 702. The standard InChI is InChI=1S/C13H18N8/c1-6-10(12(18-17-6)15-8(3)14)5-11-7(2)19-21-13(11)16-9(4)20-21/h5,13H,1-4H3,(H,16,20)(H3,14,15,17,18)/b11-5-. The second-order valence-electron chi connectivity index (χ2n) is 5.17. The SMILES string of the molecule is CC(N)=Nc1n[nH]c(C)c1/C=C1/C(C)=NN2NC(C)=NC12. The first kappa shape index (κ1) is 13.3. The maximum atomic E-state index is 5.65. The zero-order chi connectivity index (χ0) is 15.1. The number of hydrazone groups is 1. The number of H-pyrrole nitrogens is 1. The second-order valence-corrected chi connectivity index (χ2v) is 5.17. The lowest BCUT2D eigenvalue weighted by Crippen LogP contribution is -2.33. The number of aliphatic imine (C=N–C) groups is 2. The fraction of sp³-hybridized carbons (Fsp3) is 0.385. The minimum atomic E-state index is -0.130. The second kappa shape index (κ2) is 4.72. The molecule has 0 spiro atoms. The molecule has 0 saturated carbocycles. The number of aryl methyl sites for hydroxylation is 1. The van der Waals surface area contributed by atoms with Gasteiger partial charge in [-0.3, -0.25) is 10.5 Å². The first-order chi connectivity index (χ1) is 9.95. The van der Waals surface area contributed by atoms with E-state index in [1.165, 1.54) is 0 Å². The summed E-state index contributed by atoms with van der Waals surface area (Å²) in [6, 6.07) is 0. The molecule has 0 aliphatic carbocycles. The summed E-state index contributed by atoms with van der Waals surface area (Å²) in [5.41, 5.74) is 12.5. The van der Waals surface area contributed by atoms with E-state index in [1.54, 1.807) is 12.0 Å². The molecule has 0 radical (unpaired) electrons. The Morgan fingerprint density at radius 2 is 2.14 bits per heavy atom. The molecule has 21 heavy (non-hydrogen) atoms. The molecule has 2 aliphatic heterocycles. The lowest BCUT2D eigenvalue weighted by molar-refractivity contribution is 0.244. The van der Waals surface area contributed by atoms with E-state index in [0.29, 0.717) is 11.7 Å². The van der Waals surface area contributed by atoms with Crippen LogP contribution < -0.4 is 11.2 Å². The summed E-state index contributed by atoms with van der Waals surface area (Å²) in [6.45, 7) is 7.56. The number of nitrogens with two attached hydrogens (primary N) is 1. The van der Waals surface area contributed by atoms with E-state index in [4.69, 9.17) is 5.73 Å². The number of aromatic nitrogens is 2. The minimum absolute atomic E-state index is 0.130. The van der Waals surface area contributed by atoms with Crippen molar-refractivity contribution < 1.29 is 0 Å². The van der Waals surface area contributed by atoms with Gasteiger partial charge in [0.2, 0.25) is 0 Å². The van der Waals surface area contributed by atoms with Gasteiger partial charge in [0.25, 0.3) is 0 Å². The van der Waals surface area contributed by atoms with Crippen molar-refractivity contribution in [3.05, 3.63) is 16.8 Å². The zero-order valence-electron chi connectivity index (χ0n) is 12.5. The number of hydrazine groups is 1. The molecule has 3 heterocycles. The third-order valence-corrected chi connectivity index (χ3v) is 3.33. The van der Waals surface area contributed by atoms with Crippen LogP contribution in [0.4, 0.5) is 5.82 Å². The molecule has 1 aromatic heterocycles. The van der Waals surface area contributed by atoms with Crippen molar-refractivity contribution >= 4 is 29.3 Å². The van der Waals surface area contributed by atoms with Crippen LogP contribution in [0.2, 0.25) is 0 Å². The van der Waals surface area contributed by atoms with Gasteiger partial charge in [0, 0.05) is 16.8 Å². The van der Waals surface area contributed by atoms with Crippen LogP contribution in [0.5, 0.6) is 0 Å². The number of hydrogen-bond donors (Lipinski definition) is 3. The Kier molecular flexibility index (Phi) is 3.00. The molecule has 0 bridgehead atoms. The molecule has 1 aromatic rings. The number of aromatic amines is 1. The molecular weight excluding hydrogens is 268 g/mol. The maximum absolute atomic E-state index is 5.65. The van der Waals surface area contributed by atoms with E-state index >= 15 is 0 Å². The molecule has 110 valence electrons. The first-order valence-electron chi connectivity index (χ1n) is 6.69. The van der Waals surface area contributed by atoms with Gasteiger partial charge in [-0.05, 0) is 33.8 Å². The van der Waals surface area contributed by atoms with Crippen LogP contribution in [0, 0.1) is 6.92 Å². The smallest absolute Gasteiger partial charge is 0.187 e. The maximum Gasteiger partial charge on any atom is 0.187 e. The molecule has 4 N–H and O–H groups in total. The fourth-order valence-corrected chi connectivity index (χ4v) is 2.37. The van der Waals surface area contributed by atoms with Gasteiger partial charge in [-0.15, -0.1) is 0 Å². The highest BCUT2D eigenvalue weighted by molar-refractivity contribution is 6.06. The zero-order valence-corrected chi connectivity index (χ0v) is 12.5. The van der Waals surface area contributed by atoms with Crippen LogP contribution in [0.1, 0.15) is 32.0 Å². The van der Waals surface area contributed by atoms with Gasteiger partial charge in [0.15, 0.2) is 12.0 Å². The molecule has 8 nitrogen and oxygen atoms in total. The van der Waals surface area contributed by atoms with Crippen molar-refractivity contribution in [3.63, 3.8) is 0 Å². The van der Waals surface area contributed by atoms with Crippen LogP contribution >= 0.6 is 0 Å². The monoisotopic (exact) mass is 286 g/mol. The molecule has 0 amide bonds. The Balaban J connectivity index is 2.04. The first-order valence-corrected chi connectivity index (χ1v) is 6.69. The van der Waals surface area contributed by atoms with Crippen molar-refractivity contribution in [2.24, 2.45) is 20.8 Å². The summed E-state index contributed by atoms with van der Waals surface area (Å²) in [5, 5.41) is 13.3. The molecule has 8 heteroatoms. The number of nitrogens with one attached hydrogen (secondary N) is 2. The topological polar surface area (TPSA) is 107 Å². The van der Waals surface area contributed by atoms with Crippen molar-refractivity contribution in [2.45, 2.75) is 33.9 Å². The summed E-state index contributed by atoms with van der Waals surface area (Å²) in [7, 11) is 0. The van der Waals surface area contributed by atoms with Gasteiger partial charge >= 0.3 is 0 Å². The summed E-state index contributed by atoms with van der Waals surface area (Å²) < 4.78 is 0. The quantitative estimate of drug-likeness (QED) is 0.558. The highest BCUT2D eigenvalue weighted by atomic mass is 15.8. The van der Waals surface area contributed by atoms with Gasteiger partial charge in [-0.2, -0.15) is 15.3 Å². The normalized spacial score (nSPS) is 23.2. The predicted molar refractivity (Wildman–Crippen MR) is 83.2 cm³/mol. The molecule has 3 rings (SSSR count). The largest absolute Gasteiger partial charge is 0.387 e. The Hall–Kier alpha value is -2.64. The van der Waals surface area contributed by atoms with Crippen LogP contribution in [0.3, 0.4) is 0 Å². The molecule has 1 atom stereocenters. The lowest BCUT2D eigenvalue weighted by Gasteiger charge is -2.12. The Labute approximate surface area is 122 Å². The third-order valence-electron chi connectivity index (χ3n) is 3.33.